The Kier molecular flexibility index (Phi) is 5.59. The zero-order chi connectivity index (χ0) is 15.9. The fourth-order valence-electron chi connectivity index (χ4n) is 2.47. The Morgan fingerprint density at radius 1 is 1.09 bits per heavy atom. The van der Waals surface area contributed by atoms with Crippen molar-refractivity contribution >= 4 is 5.91 Å². The van der Waals surface area contributed by atoms with Crippen molar-refractivity contribution in [2.75, 3.05) is 7.11 Å². The molecule has 2 aromatic rings. The van der Waals surface area contributed by atoms with Gasteiger partial charge in [-0.05, 0) is 30.5 Å². The number of carbonyl (C=O) groups excluding carboxylic acids is 1. The minimum atomic E-state index is -0.0847. The highest BCUT2D eigenvalue weighted by Gasteiger charge is 2.13. The summed E-state index contributed by atoms with van der Waals surface area (Å²) in [6.45, 7) is 4.09. The minimum absolute atomic E-state index is 0.0163. The molecule has 0 fully saturated rings. The molecular weight excluding hydrogens is 274 g/mol. The van der Waals surface area contributed by atoms with Gasteiger partial charge in [-0.1, -0.05) is 49.4 Å². The molecular formula is C19H23NO2. The van der Waals surface area contributed by atoms with Gasteiger partial charge in [-0.2, -0.15) is 0 Å². The van der Waals surface area contributed by atoms with Crippen molar-refractivity contribution in [3.05, 3.63) is 65.2 Å². The smallest absolute Gasteiger partial charge is 0.224 e. The molecule has 22 heavy (non-hydrogen) atoms. The maximum atomic E-state index is 12.2. The molecule has 2 rings (SSSR count). The van der Waals surface area contributed by atoms with Gasteiger partial charge in [0.2, 0.25) is 5.91 Å². The first kappa shape index (κ1) is 16.1. The van der Waals surface area contributed by atoms with E-state index < -0.39 is 0 Å². The summed E-state index contributed by atoms with van der Waals surface area (Å²) < 4.78 is 5.34. The Hall–Kier alpha value is -2.29. The Labute approximate surface area is 132 Å². The number of benzene rings is 2. The monoisotopic (exact) mass is 297 g/mol. The van der Waals surface area contributed by atoms with E-state index in [2.05, 4.69) is 24.4 Å². The van der Waals surface area contributed by atoms with E-state index in [1.807, 2.05) is 43.3 Å². The summed E-state index contributed by atoms with van der Waals surface area (Å²) in [6, 6.07) is 15.9. The van der Waals surface area contributed by atoms with Gasteiger partial charge in [0, 0.05) is 5.56 Å². The maximum Gasteiger partial charge on any atom is 0.224 e. The van der Waals surface area contributed by atoms with Crippen molar-refractivity contribution in [1.82, 2.24) is 5.32 Å². The number of para-hydroxylation sites is 1. The van der Waals surface area contributed by atoms with Crippen LogP contribution in [0.5, 0.6) is 5.75 Å². The lowest BCUT2D eigenvalue weighted by molar-refractivity contribution is -0.121. The normalized spacial score (nSPS) is 11.8. The van der Waals surface area contributed by atoms with Crippen LogP contribution in [0.4, 0.5) is 0 Å². The van der Waals surface area contributed by atoms with Crippen molar-refractivity contribution in [3.63, 3.8) is 0 Å². The Morgan fingerprint density at radius 3 is 2.36 bits per heavy atom. The van der Waals surface area contributed by atoms with Gasteiger partial charge in [0.05, 0.1) is 19.6 Å². The highest BCUT2D eigenvalue weighted by atomic mass is 16.5. The molecule has 2 aromatic carbocycles. The van der Waals surface area contributed by atoms with Crippen molar-refractivity contribution in [2.24, 2.45) is 0 Å². The Bertz CT molecular complexity index is 620. The van der Waals surface area contributed by atoms with Crippen LogP contribution in [0.15, 0.2) is 48.5 Å². The first-order valence-corrected chi connectivity index (χ1v) is 7.64. The molecule has 0 heterocycles. The van der Waals surface area contributed by atoms with Crippen LogP contribution in [0, 0.1) is 0 Å². The van der Waals surface area contributed by atoms with Crippen LogP contribution in [0.2, 0.25) is 0 Å². The van der Waals surface area contributed by atoms with Gasteiger partial charge >= 0.3 is 0 Å². The number of hydrogen-bond acceptors (Lipinski definition) is 2. The summed E-state index contributed by atoms with van der Waals surface area (Å²) in [5.74, 6) is 0.810. The molecule has 0 unspecified atom stereocenters. The van der Waals surface area contributed by atoms with Crippen LogP contribution in [0.25, 0.3) is 0 Å². The SMILES string of the molecule is CCc1ccc(CC(=O)N[C@@H](C)c2ccccc2OC)cc1. The summed E-state index contributed by atoms with van der Waals surface area (Å²) in [5, 5.41) is 3.03. The van der Waals surface area contributed by atoms with E-state index in [1.54, 1.807) is 7.11 Å². The molecule has 0 spiro atoms. The molecule has 1 atom stereocenters. The lowest BCUT2D eigenvalue weighted by Crippen LogP contribution is -2.28. The molecule has 0 aliphatic heterocycles. The highest BCUT2D eigenvalue weighted by molar-refractivity contribution is 5.79. The van der Waals surface area contributed by atoms with Gasteiger partial charge in [-0.3, -0.25) is 4.79 Å². The van der Waals surface area contributed by atoms with E-state index in [-0.39, 0.29) is 11.9 Å². The van der Waals surface area contributed by atoms with Crippen LogP contribution in [0.3, 0.4) is 0 Å². The third-order valence-corrected chi connectivity index (χ3v) is 3.78. The average Bonchev–Trinajstić information content (AvgIpc) is 2.55. The predicted molar refractivity (Wildman–Crippen MR) is 89.1 cm³/mol. The fourth-order valence-corrected chi connectivity index (χ4v) is 2.47. The molecule has 0 saturated carbocycles. The number of methoxy groups -OCH3 is 1. The molecule has 0 bridgehead atoms. The van der Waals surface area contributed by atoms with E-state index in [1.165, 1.54) is 5.56 Å². The third-order valence-electron chi connectivity index (χ3n) is 3.78. The van der Waals surface area contributed by atoms with Crippen LogP contribution in [-0.4, -0.2) is 13.0 Å². The van der Waals surface area contributed by atoms with Crippen molar-refractivity contribution in [2.45, 2.75) is 32.7 Å². The number of hydrogen-bond donors (Lipinski definition) is 1. The Balaban J connectivity index is 1.98. The first-order valence-electron chi connectivity index (χ1n) is 7.64. The number of nitrogens with one attached hydrogen (secondary N) is 1. The minimum Gasteiger partial charge on any atom is -0.496 e. The van der Waals surface area contributed by atoms with Crippen LogP contribution in [0.1, 0.15) is 36.6 Å². The van der Waals surface area contributed by atoms with Gasteiger partial charge in [0.25, 0.3) is 0 Å². The van der Waals surface area contributed by atoms with E-state index >= 15 is 0 Å². The fraction of sp³-hybridized carbons (Fsp3) is 0.316. The van der Waals surface area contributed by atoms with Gasteiger partial charge < -0.3 is 10.1 Å². The quantitative estimate of drug-likeness (QED) is 0.883. The molecule has 3 heteroatoms. The molecule has 0 aliphatic rings. The van der Waals surface area contributed by atoms with Crippen molar-refractivity contribution < 1.29 is 9.53 Å². The second kappa shape index (κ2) is 7.64. The zero-order valence-corrected chi connectivity index (χ0v) is 13.4. The van der Waals surface area contributed by atoms with E-state index in [0.717, 1.165) is 23.3 Å². The number of ether oxygens (including phenoxy) is 1. The van der Waals surface area contributed by atoms with E-state index in [9.17, 15) is 4.79 Å². The van der Waals surface area contributed by atoms with Crippen LogP contribution < -0.4 is 10.1 Å². The third kappa shape index (κ3) is 4.10. The molecule has 1 N–H and O–H groups in total. The second-order valence-corrected chi connectivity index (χ2v) is 5.38. The summed E-state index contributed by atoms with van der Waals surface area (Å²) in [6.07, 6.45) is 1.40. The van der Waals surface area contributed by atoms with Crippen molar-refractivity contribution in [3.8, 4) is 5.75 Å². The molecule has 0 aliphatic carbocycles. The highest BCUT2D eigenvalue weighted by Crippen LogP contribution is 2.24. The lowest BCUT2D eigenvalue weighted by atomic mass is 10.1. The second-order valence-electron chi connectivity index (χ2n) is 5.38. The largest absolute Gasteiger partial charge is 0.496 e. The summed E-state index contributed by atoms with van der Waals surface area (Å²) in [4.78, 5) is 12.2. The van der Waals surface area contributed by atoms with Crippen LogP contribution >= 0.6 is 0 Å². The number of rotatable bonds is 6. The van der Waals surface area contributed by atoms with Gasteiger partial charge in [-0.25, -0.2) is 0 Å². The Morgan fingerprint density at radius 2 is 1.73 bits per heavy atom. The predicted octanol–water partition coefficient (Wildman–Crippen LogP) is 3.68. The van der Waals surface area contributed by atoms with Crippen molar-refractivity contribution in [1.29, 1.82) is 0 Å². The van der Waals surface area contributed by atoms with E-state index in [4.69, 9.17) is 4.74 Å². The molecule has 3 nitrogen and oxygen atoms in total. The first-order chi connectivity index (χ1) is 10.6. The summed E-state index contributed by atoms with van der Waals surface area (Å²) >= 11 is 0. The molecule has 0 radical (unpaired) electrons. The van der Waals surface area contributed by atoms with Gasteiger partial charge in [-0.15, -0.1) is 0 Å². The standard InChI is InChI=1S/C19H23NO2/c1-4-15-9-11-16(12-10-15)13-19(21)20-14(2)17-7-5-6-8-18(17)22-3/h5-12,14H,4,13H2,1-3H3,(H,20,21)/t14-/m0/s1. The van der Waals surface area contributed by atoms with Gasteiger partial charge in [0.15, 0.2) is 0 Å². The molecule has 116 valence electrons. The molecule has 1 amide bonds. The van der Waals surface area contributed by atoms with Gasteiger partial charge in [0.1, 0.15) is 5.75 Å². The number of amides is 1. The number of aryl methyl sites for hydroxylation is 1. The van der Waals surface area contributed by atoms with E-state index in [0.29, 0.717) is 6.42 Å². The molecule has 0 saturated heterocycles. The number of carbonyl (C=O) groups is 1. The topological polar surface area (TPSA) is 38.3 Å². The zero-order valence-electron chi connectivity index (χ0n) is 13.4. The lowest BCUT2D eigenvalue weighted by Gasteiger charge is -2.17. The molecule has 0 aromatic heterocycles. The van der Waals surface area contributed by atoms with Crippen LogP contribution in [-0.2, 0) is 17.6 Å². The summed E-state index contributed by atoms with van der Waals surface area (Å²) in [5.41, 5.74) is 3.30. The maximum absolute atomic E-state index is 12.2. The summed E-state index contributed by atoms with van der Waals surface area (Å²) in [7, 11) is 1.64. The average molecular weight is 297 g/mol.